The largest absolute Gasteiger partial charge is 0.490 e. The number of aliphatic hydroxyl groups is 1. The normalized spacial score (nSPS) is 12.9. The van der Waals surface area contributed by atoms with Gasteiger partial charge in [-0.15, -0.1) is 0 Å². The van der Waals surface area contributed by atoms with E-state index >= 15 is 0 Å². The molecule has 0 saturated heterocycles. The molecule has 1 rings (SSSR count). The number of carbonyl (C=O) groups excluding carboxylic acids is 1. The van der Waals surface area contributed by atoms with Crippen LogP contribution in [-0.4, -0.2) is 42.3 Å². The van der Waals surface area contributed by atoms with Gasteiger partial charge in [0.1, 0.15) is 18.5 Å². The third-order valence-electron chi connectivity index (χ3n) is 3.61. The third-order valence-corrected chi connectivity index (χ3v) is 3.61. The molecule has 0 radical (unpaired) electrons. The van der Waals surface area contributed by atoms with E-state index in [2.05, 4.69) is 5.32 Å². The number of benzene rings is 1. The van der Waals surface area contributed by atoms with E-state index in [4.69, 9.17) is 9.47 Å². The molecular formula is C20H33NO4. The van der Waals surface area contributed by atoms with Gasteiger partial charge in [-0.25, -0.2) is 0 Å². The standard InChI is InChI=1S/C20H33NO4/c1-6-10-24-13-16-11-15(18(23)7-2)8-9-19(16)25-14-17(22)12-21-20(3,4)5/h8-9,11,17,21-22H,6-7,10,12-14H2,1-5H3. The third kappa shape index (κ3) is 8.47. The van der Waals surface area contributed by atoms with Crippen molar-refractivity contribution in [1.29, 1.82) is 0 Å². The van der Waals surface area contributed by atoms with E-state index in [9.17, 15) is 9.90 Å². The first-order valence-electron chi connectivity index (χ1n) is 9.06. The zero-order valence-electron chi connectivity index (χ0n) is 16.2. The molecule has 0 aliphatic heterocycles. The summed E-state index contributed by atoms with van der Waals surface area (Å²) in [6.07, 6.45) is 0.786. The van der Waals surface area contributed by atoms with E-state index < -0.39 is 6.10 Å². The number of β-amino-alcohol motifs (C(OH)–C–C–N with tert-alkyl or cyclic N) is 1. The highest BCUT2D eigenvalue weighted by atomic mass is 16.5. The van der Waals surface area contributed by atoms with Crippen LogP contribution in [0, 0.1) is 0 Å². The van der Waals surface area contributed by atoms with Crippen molar-refractivity contribution in [2.75, 3.05) is 19.8 Å². The molecule has 142 valence electrons. The van der Waals surface area contributed by atoms with E-state index in [-0.39, 0.29) is 17.9 Å². The summed E-state index contributed by atoms with van der Waals surface area (Å²) in [6.45, 7) is 11.7. The molecule has 0 aliphatic rings. The molecule has 25 heavy (non-hydrogen) atoms. The lowest BCUT2D eigenvalue weighted by Gasteiger charge is -2.23. The Morgan fingerprint density at radius 2 is 2.00 bits per heavy atom. The minimum atomic E-state index is -0.611. The van der Waals surface area contributed by atoms with Gasteiger partial charge in [-0.1, -0.05) is 13.8 Å². The molecule has 1 atom stereocenters. The van der Waals surface area contributed by atoms with Gasteiger partial charge >= 0.3 is 0 Å². The number of ketones is 1. The van der Waals surface area contributed by atoms with Crippen LogP contribution < -0.4 is 10.1 Å². The molecule has 1 unspecified atom stereocenters. The first-order chi connectivity index (χ1) is 11.8. The number of aliphatic hydroxyl groups excluding tert-OH is 1. The molecule has 0 spiro atoms. The number of hydrogen-bond acceptors (Lipinski definition) is 5. The summed E-state index contributed by atoms with van der Waals surface area (Å²) in [5.41, 5.74) is 1.45. The van der Waals surface area contributed by atoms with Crippen molar-refractivity contribution in [2.24, 2.45) is 0 Å². The van der Waals surface area contributed by atoms with Gasteiger partial charge < -0.3 is 19.9 Å². The Labute approximate surface area is 151 Å². The highest BCUT2D eigenvalue weighted by molar-refractivity contribution is 5.96. The molecule has 1 aromatic carbocycles. The zero-order chi connectivity index (χ0) is 18.9. The van der Waals surface area contributed by atoms with Crippen molar-refractivity contribution in [1.82, 2.24) is 5.32 Å². The van der Waals surface area contributed by atoms with Crippen LogP contribution in [0.5, 0.6) is 5.75 Å². The second kappa shape index (κ2) is 10.5. The Morgan fingerprint density at radius 3 is 2.60 bits per heavy atom. The maximum atomic E-state index is 11.9. The van der Waals surface area contributed by atoms with Crippen LogP contribution in [0.25, 0.3) is 0 Å². The van der Waals surface area contributed by atoms with Gasteiger partial charge in [-0.3, -0.25) is 4.79 Å². The number of hydrogen-bond donors (Lipinski definition) is 2. The van der Waals surface area contributed by atoms with Gasteiger partial charge in [-0.2, -0.15) is 0 Å². The van der Waals surface area contributed by atoms with Crippen LogP contribution in [0.4, 0.5) is 0 Å². The lowest BCUT2D eigenvalue weighted by atomic mass is 10.1. The average molecular weight is 351 g/mol. The van der Waals surface area contributed by atoms with Gasteiger partial charge in [0.15, 0.2) is 5.78 Å². The molecule has 0 saturated carbocycles. The predicted molar refractivity (Wildman–Crippen MR) is 100 cm³/mol. The van der Waals surface area contributed by atoms with Crippen LogP contribution in [0.3, 0.4) is 0 Å². The number of ether oxygens (including phenoxy) is 2. The first kappa shape index (κ1) is 21.6. The summed E-state index contributed by atoms with van der Waals surface area (Å²) >= 11 is 0. The van der Waals surface area contributed by atoms with E-state index in [1.807, 2.05) is 40.7 Å². The number of nitrogens with one attached hydrogen (secondary N) is 1. The van der Waals surface area contributed by atoms with E-state index in [0.29, 0.717) is 37.5 Å². The second-order valence-electron chi connectivity index (χ2n) is 7.25. The Balaban J connectivity index is 2.73. The molecule has 0 bridgehead atoms. The Morgan fingerprint density at radius 1 is 1.28 bits per heavy atom. The quantitative estimate of drug-likeness (QED) is 0.473. The fourth-order valence-corrected chi connectivity index (χ4v) is 2.21. The summed E-state index contributed by atoms with van der Waals surface area (Å²) in [6, 6.07) is 5.39. The minimum absolute atomic E-state index is 0.0533. The molecule has 0 aromatic heterocycles. The fourth-order valence-electron chi connectivity index (χ4n) is 2.21. The highest BCUT2D eigenvalue weighted by Gasteiger charge is 2.14. The predicted octanol–water partition coefficient (Wildman–Crippen LogP) is 3.33. The van der Waals surface area contributed by atoms with Crippen LogP contribution in [-0.2, 0) is 11.3 Å². The van der Waals surface area contributed by atoms with E-state index in [1.165, 1.54) is 0 Å². The zero-order valence-corrected chi connectivity index (χ0v) is 16.2. The summed E-state index contributed by atoms with van der Waals surface area (Å²) in [5, 5.41) is 13.3. The maximum absolute atomic E-state index is 11.9. The van der Waals surface area contributed by atoms with E-state index in [1.54, 1.807) is 12.1 Å². The molecule has 1 aromatic rings. The first-order valence-corrected chi connectivity index (χ1v) is 9.06. The number of rotatable bonds is 11. The van der Waals surface area contributed by atoms with Gasteiger partial charge in [0, 0.05) is 36.2 Å². The van der Waals surface area contributed by atoms with Crippen molar-refractivity contribution >= 4 is 5.78 Å². The summed E-state index contributed by atoms with van der Waals surface area (Å²) in [4.78, 5) is 11.9. The van der Waals surface area contributed by atoms with Crippen LogP contribution in [0.2, 0.25) is 0 Å². The fraction of sp³-hybridized carbons (Fsp3) is 0.650. The van der Waals surface area contributed by atoms with Gasteiger partial charge in [-0.05, 0) is 45.4 Å². The minimum Gasteiger partial charge on any atom is -0.490 e. The second-order valence-corrected chi connectivity index (χ2v) is 7.25. The summed E-state index contributed by atoms with van der Waals surface area (Å²) in [7, 11) is 0. The van der Waals surface area contributed by atoms with Crippen molar-refractivity contribution in [3.05, 3.63) is 29.3 Å². The van der Waals surface area contributed by atoms with Crippen molar-refractivity contribution in [2.45, 2.75) is 65.7 Å². The van der Waals surface area contributed by atoms with Crippen LogP contribution in [0.1, 0.15) is 63.4 Å². The molecule has 0 heterocycles. The summed E-state index contributed by atoms with van der Waals surface area (Å²) < 4.78 is 11.4. The lowest BCUT2D eigenvalue weighted by Crippen LogP contribution is -2.42. The topological polar surface area (TPSA) is 67.8 Å². The Kier molecular flexibility index (Phi) is 9.11. The summed E-state index contributed by atoms with van der Waals surface area (Å²) in [5.74, 6) is 0.747. The lowest BCUT2D eigenvalue weighted by molar-refractivity contribution is 0.0933. The van der Waals surface area contributed by atoms with Crippen molar-refractivity contribution < 1.29 is 19.4 Å². The SMILES string of the molecule is CCCOCc1cc(C(=O)CC)ccc1OCC(O)CNC(C)(C)C. The molecule has 5 nitrogen and oxygen atoms in total. The average Bonchev–Trinajstić information content (AvgIpc) is 2.57. The van der Waals surface area contributed by atoms with Crippen molar-refractivity contribution in [3.63, 3.8) is 0 Å². The van der Waals surface area contributed by atoms with Crippen molar-refractivity contribution in [3.8, 4) is 5.75 Å². The van der Waals surface area contributed by atoms with Crippen LogP contribution in [0.15, 0.2) is 18.2 Å². The Bertz CT molecular complexity index is 537. The Hall–Kier alpha value is -1.43. The van der Waals surface area contributed by atoms with Gasteiger partial charge in [0.2, 0.25) is 0 Å². The molecule has 2 N–H and O–H groups in total. The molecule has 0 aliphatic carbocycles. The monoisotopic (exact) mass is 351 g/mol. The van der Waals surface area contributed by atoms with E-state index in [0.717, 1.165) is 12.0 Å². The van der Waals surface area contributed by atoms with Crippen LogP contribution >= 0.6 is 0 Å². The molecular weight excluding hydrogens is 318 g/mol. The molecule has 0 amide bonds. The molecule has 5 heteroatoms. The number of Topliss-reactive ketones (excluding diaryl/α,β-unsaturated/α-hetero) is 1. The highest BCUT2D eigenvalue weighted by Crippen LogP contribution is 2.22. The smallest absolute Gasteiger partial charge is 0.162 e. The van der Waals surface area contributed by atoms with Gasteiger partial charge in [0.25, 0.3) is 0 Å². The van der Waals surface area contributed by atoms with Gasteiger partial charge in [0.05, 0.1) is 6.61 Å². The maximum Gasteiger partial charge on any atom is 0.162 e. The molecule has 0 fully saturated rings. The number of carbonyl (C=O) groups is 1.